The Balaban J connectivity index is 1.32. The monoisotopic (exact) mass is 559 g/mol. The fourth-order valence-corrected chi connectivity index (χ4v) is 6.70. The zero-order chi connectivity index (χ0) is 29.0. The first-order valence-electron chi connectivity index (χ1n) is 14.9. The van der Waals surface area contributed by atoms with Gasteiger partial charge < -0.3 is 0 Å². The quantitative estimate of drug-likeness (QED) is 0.201. The molecule has 0 saturated carbocycles. The van der Waals surface area contributed by atoms with Gasteiger partial charge in [-0.25, -0.2) is 9.97 Å². The number of nitrogens with zero attached hydrogens (tertiary/aromatic N) is 3. The molecule has 204 valence electrons. The molecule has 0 spiro atoms. The molecule has 7 aromatic carbocycles. The number of rotatable bonds is 4. The van der Waals surface area contributed by atoms with Crippen molar-refractivity contribution in [3.05, 3.63) is 152 Å². The zero-order valence-electron chi connectivity index (χ0n) is 23.8. The first kappa shape index (κ1) is 24.6. The molecule has 3 nitrogen and oxygen atoms in total. The summed E-state index contributed by atoms with van der Waals surface area (Å²) in [5, 5.41) is 9.80. The minimum absolute atomic E-state index is 0.709. The molecule has 0 radical (unpaired) electrons. The highest BCUT2D eigenvalue weighted by Crippen LogP contribution is 2.40. The minimum atomic E-state index is 0.709. The van der Waals surface area contributed by atoms with E-state index in [1.165, 1.54) is 32.3 Å². The summed E-state index contributed by atoms with van der Waals surface area (Å²) in [6.45, 7) is 0. The SMILES string of the molecule is c1ccc(-c2cc(-c3ccc4ccc5cccc6ccc3c4c56)nc(-c3cccc4c(-c5cccnc5)cccc34)n2)cc1. The Hall–Kier alpha value is -5.93. The van der Waals surface area contributed by atoms with Gasteiger partial charge in [0, 0.05) is 34.6 Å². The first-order chi connectivity index (χ1) is 21.8. The number of hydrogen-bond donors (Lipinski definition) is 0. The van der Waals surface area contributed by atoms with E-state index < -0.39 is 0 Å². The fourth-order valence-electron chi connectivity index (χ4n) is 6.70. The number of hydrogen-bond acceptors (Lipinski definition) is 3. The van der Waals surface area contributed by atoms with Gasteiger partial charge in [0.15, 0.2) is 5.82 Å². The van der Waals surface area contributed by atoms with Crippen molar-refractivity contribution in [3.8, 4) is 45.0 Å². The molecule has 0 amide bonds. The molecular formula is C41H25N3. The highest BCUT2D eigenvalue weighted by Gasteiger charge is 2.17. The predicted octanol–water partition coefficient (Wildman–Crippen LogP) is 10.6. The predicted molar refractivity (Wildman–Crippen MR) is 183 cm³/mol. The van der Waals surface area contributed by atoms with Gasteiger partial charge in [-0.2, -0.15) is 0 Å². The Morgan fingerprint density at radius 1 is 0.386 bits per heavy atom. The molecule has 3 heteroatoms. The van der Waals surface area contributed by atoms with Crippen LogP contribution in [0.15, 0.2) is 152 Å². The second kappa shape index (κ2) is 9.82. The second-order valence-corrected chi connectivity index (χ2v) is 11.2. The Bertz CT molecular complexity index is 2470. The number of fused-ring (bicyclic) bond motifs is 1. The summed E-state index contributed by atoms with van der Waals surface area (Å²) in [6.07, 6.45) is 3.73. The van der Waals surface area contributed by atoms with Gasteiger partial charge in [0.25, 0.3) is 0 Å². The zero-order valence-corrected chi connectivity index (χ0v) is 23.8. The van der Waals surface area contributed by atoms with Crippen molar-refractivity contribution in [1.82, 2.24) is 15.0 Å². The second-order valence-electron chi connectivity index (χ2n) is 11.2. The van der Waals surface area contributed by atoms with E-state index in [-0.39, 0.29) is 0 Å². The summed E-state index contributed by atoms with van der Waals surface area (Å²) in [6, 6.07) is 49.4. The van der Waals surface area contributed by atoms with Crippen LogP contribution in [0.1, 0.15) is 0 Å². The minimum Gasteiger partial charge on any atom is -0.264 e. The van der Waals surface area contributed by atoms with Gasteiger partial charge in [-0.1, -0.05) is 127 Å². The largest absolute Gasteiger partial charge is 0.264 e. The lowest BCUT2D eigenvalue weighted by Crippen LogP contribution is -1.97. The van der Waals surface area contributed by atoms with E-state index in [1.807, 2.05) is 24.5 Å². The Kier molecular flexibility index (Phi) is 5.50. The molecule has 9 rings (SSSR count). The van der Waals surface area contributed by atoms with Gasteiger partial charge in [0.2, 0.25) is 0 Å². The van der Waals surface area contributed by atoms with E-state index in [0.29, 0.717) is 5.82 Å². The van der Waals surface area contributed by atoms with Crippen LogP contribution in [0, 0.1) is 0 Å². The average molecular weight is 560 g/mol. The summed E-state index contributed by atoms with van der Waals surface area (Å²) in [4.78, 5) is 14.9. The molecule has 0 unspecified atom stereocenters. The normalized spacial score (nSPS) is 11.6. The van der Waals surface area contributed by atoms with Crippen molar-refractivity contribution in [3.63, 3.8) is 0 Å². The molecule has 0 aliphatic rings. The van der Waals surface area contributed by atoms with Crippen molar-refractivity contribution < 1.29 is 0 Å². The van der Waals surface area contributed by atoms with Crippen molar-refractivity contribution in [2.75, 3.05) is 0 Å². The molecule has 44 heavy (non-hydrogen) atoms. The molecule has 0 saturated heterocycles. The third-order valence-corrected chi connectivity index (χ3v) is 8.74. The maximum Gasteiger partial charge on any atom is 0.161 e. The Morgan fingerprint density at radius 2 is 1.05 bits per heavy atom. The van der Waals surface area contributed by atoms with E-state index in [2.05, 4.69) is 132 Å². The summed E-state index contributed by atoms with van der Waals surface area (Å²) in [7, 11) is 0. The van der Waals surface area contributed by atoms with Crippen molar-refractivity contribution in [2.24, 2.45) is 0 Å². The van der Waals surface area contributed by atoms with Crippen LogP contribution in [0.2, 0.25) is 0 Å². The van der Waals surface area contributed by atoms with Crippen LogP contribution in [0.4, 0.5) is 0 Å². The number of benzene rings is 7. The lowest BCUT2D eigenvalue weighted by molar-refractivity contribution is 1.19. The van der Waals surface area contributed by atoms with Crippen LogP contribution in [0.5, 0.6) is 0 Å². The lowest BCUT2D eigenvalue weighted by atomic mass is 9.91. The van der Waals surface area contributed by atoms with Crippen LogP contribution >= 0.6 is 0 Å². The average Bonchev–Trinajstić information content (AvgIpc) is 3.10. The van der Waals surface area contributed by atoms with Crippen molar-refractivity contribution in [1.29, 1.82) is 0 Å². The van der Waals surface area contributed by atoms with E-state index in [9.17, 15) is 0 Å². The standard InChI is InChI=1S/C41H25N3/c1-2-8-26(9-3-1)37-24-38(34-21-19-29-18-17-27-10-4-11-28-20-22-35(34)40(29)39(27)28)44-41(43-37)36-16-6-14-32-31(13-5-15-33(32)36)30-12-7-23-42-25-30/h1-25H. The topological polar surface area (TPSA) is 38.7 Å². The number of aromatic nitrogens is 3. The Labute approximate surface area is 254 Å². The van der Waals surface area contributed by atoms with Crippen LogP contribution in [0.25, 0.3) is 88.1 Å². The van der Waals surface area contributed by atoms with Gasteiger partial charge in [0.05, 0.1) is 11.4 Å². The van der Waals surface area contributed by atoms with E-state index in [0.717, 1.165) is 50.0 Å². The lowest BCUT2D eigenvalue weighted by Gasteiger charge is -2.16. The van der Waals surface area contributed by atoms with Gasteiger partial charge >= 0.3 is 0 Å². The summed E-state index contributed by atoms with van der Waals surface area (Å²) in [5.41, 5.74) is 7.21. The molecule has 0 aliphatic heterocycles. The number of pyridine rings is 1. The molecule has 0 aliphatic carbocycles. The van der Waals surface area contributed by atoms with E-state index >= 15 is 0 Å². The van der Waals surface area contributed by atoms with Gasteiger partial charge in [-0.05, 0) is 60.8 Å². The van der Waals surface area contributed by atoms with Crippen LogP contribution in [-0.4, -0.2) is 15.0 Å². The highest BCUT2D eigenvalue weighted by atomic mass is 14.9. The molecule has 0 bridgehead atoms. The molecule has 2 heterocycles. The molecule has 2 aromatic heterocycles. The van der Waals surface area contributed by atoms with Gasteiger partial charge in [0.1, 0.15) is 0 Å². The molecule has 9 aromatic rings. The molecular weight excluding hydrogens is 534 g/mol. The smallest absolute Gasteiger partial charge is 0.161 e. The third kappa shape index (κ3) is 3.87. The first-order valence-corrected chi connectivity index (χ1v) is 14.9. The summed E-state index contributed by atoms with van der Waals surface area (Å²) >= 11 is 0. The van der Waals surface area contributed by atoms with E-state index in [1.54, 1.807) is 0 Å². The molecule has 0 atom stereocenters. The summed E-state index contributed by atoms with van der Waals surface area (Å²) in [5.74, 6) is 0.709. The Morgan fingerprint density at radius 3 is 1.84 bits per heavy atom. The fraction of sp³-hybridized carbons (Fsp3) is 0. The third-order valence-electron chi connectivity index (χ3n) is 8.74. The maximum absolute atomic E-state index is 5.31. The van der Waals surface area contributed by atoms with Crippen LogP contribution < -0.4 is 0 Å². The van der Waals surface area contributed by atoms with Crippen molar-refractivity contribution >= 4 is 43.1 Å². The van der Waals surface area contributed by atoms with Gasteiger partial charge in [-0.3, -0.25) is 4.98 Å². The van der Waals surface area contributed by atoms with Crippen LogP contribution in [0.3, 0.4) is 0 Å². The van der Waals surface area contributed by atoms with Gasteiger partial charge in [-0.15, -0.1) is 0 Å². The summed E-state index contributed by atoms with van der Waals surface area (Å²) < 4.78 is 0. The molecule has 0 fully saturated rings. The highest BCUT2D eigenvalue weighted by molar-refractivity contribution is 6.25. The van der Waals surface area contributed by atoms with Crippen LogP contribution in [-0.2, 0) is 0 Å². The molecule has 0 N–H and O–H groups in total. The maximum atomic E-state index is 5.31. The van der Waals surface area contributed by atoms with E-state index in [4.69, 9.17) is 9.97 Å². The van der Waals surface area contributed by atoms with Crippen molar-refractivity contribution in [2.45, 2.75) is 0 Å².